The van der Waals surface area contributed by atoms with Gasteiger partial charge in [-0.25, -0.2) is 13.9 Å². The molecule has 19 heavy (non-hydrogen) atoms. The van der Waals surface area contributed by atoms with Gasteiger partial charge in [0.2, 0.25) is 0 Å². The Bertz CT molecular complexity index is 622. The first-order valence-electron chi connectivity index (χ1n) is 5.72. The second-order valence-corrected chi connectivity index (χ2v) is 4.18. The zero-order chi connectivity index (χ0) is 14.0. The summed E-state index contributed by atoms with van der Waals surface area (Å²) in [6.45, 7) is 1.57. The summed E-state index contributed by atoms with van der Waals surface area (Å²) >= 11 is 0. The van der Waals surface area contributed by atoms with Crippen molar-refractivity contribution in [3.8, 4) is 5.69 Å². The molecule has 0 radical (unpaired) electrons. The van der Waals surface area contributed by atoms with Gasteiger partial charge in [-0.2, -0.15) is 5.10 Å². The van der Waals surface area contributed by atoms with E-state index in [-0.39, 0.29) is 24.4 Å². The second-order valence-electron chi connectivity index (χ2n) is 4.18. The number of aryl methyl sites for hydroxylation is 1. The van der Waals surface area contributed by atoms with E-state index >= 15 is 0 Å². The molecule has 0 aliphatic rings. The molecule has 6 heteroatoms. The Morgan fingerprint density at radius 1 is 1.47 bits per heavy atom. The van der Waals surface area contributed by atoms with Crippen LogP contribution in [-0.2, 0) is 6.42 Å². The van der Waals surface area contributed by atoms with Gasteiger partial charge in [0.25, 0.3) is 0 Å². The number of aliphatic hydroxyl groups is 1. The second kappa shape index (κ2) is 5.19. The first-order valence-corrected chi connectivity index (χ1v) is 5.72. The summed E-state index contributed by atoms with van der Waals surface area (Å²) in [6.07, 6.45) is 1.59. The maximum Gasteiger partial charge on any atom is 0.356 e. The summed E-state index contributed by atoms with van der Waals surface area (Å²) < 4.78 is 15.0. The van der Waals surface area contributed by atoms with Gasteiger partial charge in [0.15, 0.2) is 5.69 Å². The minimum absolute atomic E-state index is 0.162. The van der Waals surface area contributed by atoms with Crippen molar-refractivity contribution in [3.05, 3.63) is 47.0 Å². The van der Waals surface area contributed by atoms with Gasteiger partial charge >= 0.3 is 5.97 Å². The van der Waals surface area contributed by atoms with Crippen LogP contribution in [0.3, 0.4) is 0 Å². The topological polar surface area (TPSA) is 75.4 Å². The SMILES string of the molecule is Cc1ccc(-n2cc(CCO)c(C(=O)O)n2)c(F)c1. The lowest BCUT2D eigenvalue weighted by atomic mass is 10.2. The average Bonchev–Trinajstić information content (AvgIpc) is 2.73. The maximum absolute atomic E-state index is 13.8. The number of carbonyl (C=O) groups is 1. The molecular weight excluding hydrogens is 251 g/mol. The molecule has 1 heterocycles. The number of aromatic carboxylic acids is 1. The lowest BCUT2D eigenvalue weighted by Crippen LogP contribution is -2.04. The lowest BCUT2D eigenvalue weighted by Gasteiger charge is -2.03. The van der Waals surface area contributed by atoms with Crippen LogP contribution < -0.4 is 0 Å². The summed E-state index contributed by atoms with van der Waals surface area (Å²) in [5.41, 5.74) is 1.14. The van der Waals surface area contributed by atoms with E-state index in [2.05, 4.69) is 5.10 Å². The lowest BCUT2D eigenvalue weighted by molar-refractivity contribution is 0.0688. The Morgan fingerprint density at radius 3 is 2.79 bits per heavy atom. The van der Waals surface area contributed by atoms with Gasteiger partial charge in [-0.15, -0.1) is 0 Å². The minimum atomic E-state index is -1.20. The molecule has 5 nitrogen and oxygen atoms in total. The fraction of sp³-hybridized carbons (Fsp3) is 0.231. The number of hydrogen-bond donors (Lipinski definition) is 2. The third-order valence-corrected chi connectivity index (χ3v) is 2.72. The van der Waals surface area contributed by atoms with Crippen LogP contribution in [0, 0.1) is 12.7 Å². The molecule has 2 rings (SSSR count). The van der Waals surface area contributed by atoms with Gasteiger partial charge in [-0.3, -0.25) is 0 Å². The average molecular weight is 264 g/mol. The van der Waals surface area contributed by atoms with E-state index in [0.29, 0.717) is 5.56 Å². The first kappa shape index (κ1) is 13.2. The Labute approximate surface area is 108 Å². The highest BCUT2D eigenvalue weighted by Gasteiger charge is 2.17. The highest BCUT2D eigenvalue weighted by Crippen LogP contribution is 2.17. The molecule has 2 aromatic rings. The Morgan fingerprint density at radius 2 is 2.21 bits per heavy atom. The van der Waals surface area contributed by atoms with E-state index in [1.807, 2.05) is 0 Å². The number of nitrogens with zero attached hydrogens (tertiary/aromatic N) is 2. The fourth-order valence-electron chi connectivity index (χ4n) is 1.81. The summed E-state index contributed by atoms with van der Waals surface area (Å²) in [7, 11) is 0. The van der Waals surface area contributed by atoms with Gasteiger partial charge in [-0.05, 0) is 31.0 Å². The Hall–Kier alpha value is -2.21. The highest BCUT2D eigenvalue weighted by molar-refractivity contribution is 5.87. The zero-order valence-electron chi connectivity index (χ0n) is 10.3. The van der Waals surface area contributed by atoms with E-state index in [0.717, 1.165) is 5.56 Å². The van der Waals surface area contributed by atoms with E-state index in [9.17, 15) is 9.18 Å². The van der Waals surface area contributed by atoms with Crippen molar-refractivity contribution >= 4 is 5.97 Å². The molecule has 1 aromatic heterocycles. The summed E-state index contributed by atoms with van der Waals surface area (Å²) in [5.74, 6) is -1.68. The summed E-state index contributed by atoms with van der Waals surface area (Å²) in [4.78, 5) is 11.0. The van der Waals surface area contributed by atoms with Crippen molar-refractivity contribution < 1.29 is 19.4 Å². The molecule has 0 saturated heterocycles. The minimum Gasteiger partial charge on any atom is -0.476 e. The van der Waals surface area contributed by atoms with Gasteiger partial charge in [0.1, 0.15) is 11.5 Å². The van der Waals surface area contributed by atoms with Crippen LogP contribution in [-0.4, -0.2) is 32.6 Å². The van der Waals surface area contributed by atoms with Crippen molar-refractivity contribution in [2.75, 3.05) is 6.61 Å². The van der Waals surface area contributed by atoms with E-state index < -0.39 is 11.8 Å². The maximum atomic E-state index is 13.8. The number of rotatable bonds is 4. The van der Waals surface area contributed by atoms with Crippen LogP contribution in [0.2, 0.25) is 0 Å². The van der Waals surface area contributed by atoms with E-state index in [4.69, 9.17) is 10.2 Å². The van der Waals surface area contributed by atoms with Gasteiger partial charge in [0.05, 0.1) is 0 Å². The molecule has 0 amide bonds. The third-order valence-electron chi connectivity index (χ3n) is 2.72. The number of halogens is 1. The van der Waals surface area contributed by atoms with Crippen LogP contribution in [0.15, 0.2) is 24.4 Å². The van der Waals surface area contributed by atoms with Gasteiger partial charge in [-0.1, -0.05) is 6.07 Å². The van der Waals surface area contributed by atoms with Gasteiger partial charge < -0.3 is 10.2 Å². The molecule has 1 aromatic carbocycles. The molecule has 0 unspecified atom stereocenters. The molecule has 0 bridgehead atoms. The normalized spacial score (nSPS) is 10.7. The smallest absolute Gasteiger partial charge is 0.356 e. The zero-order valence-corrected chi connectivity index (χ0v) is 10.3. The van der Waals surface area contributed by atoms with Crippen molar-refractivity contribution in [2.45, 2.75) is 13.3 Å². The number of aromatic nitrogens is 2. The number of benzene rings is 1. The Kier molecular flexibility index (Phi) is 3.62. The van der Waals surface area contributed by atoms with Gasteiger partial charge in [0, 0.05) is 18.4 Å². The first-order chi connectivity index (χ1) is 9.02. The van der Waals surface area contributed by atoms with Crippen LogP contribution in [0.4, 0.5) is 4.39 Å². The summed E-state index contributed by atoms with van der Waals surface area (Å²) in [5, 5.41) is 21.8. The molecule has 0 aliphatic carbocycles. The van der Waals surface area contributed by atoms with Crippen LogP contribution in [0.25, 0.3) is 5.69 Å². The van der Waals surface area contributed by atoms with Crippen molar-refractivity contribution in [1.29, 1.82) is 0 Å². The standard InChI is InChI=1S/C13H13FN2O3/c1-8-2-3-11(10(14)6-8)16-7-9(4-5-17)12(15-16)13(18)19/h2-3,6-7,17H,4-5H2,1H3,(H,18,19). The number of carboxylic acid groups (broad SMARTS) is 1. The van der Waals surface area contributed by atoms with E-state index in [1.165, 1.54) is 23.0 Å². The highest BCUT2D eigenvalue weighted by atomic mass is 19.1. The van der Waals surface area contributed by atoms with Crippen LogP contribution >= 0.6 is 0 Å². The van der Waals surface area contributed by atoms with Crippen molar-refractivity contribution in [3.63, 3.8) is 0 Å². The van der Waals surface area contributed by atoms with E-state index in [1.54, 1.807) is 13.0 Å². The molecule has 0 fully saturated rings. The molecule has 0 saturated carbocycles. The van der Waals surface area contributed by atoms with Crippen molar-refractivity contribution in [2.24, 2.45) is 0 Å². The molecule has 2 N–H and O–H groups in total. The molecule has 0 atom stereocenters. The molecule has 0 aliphatic heterocycles. The predicted molar refractivity (Wildman–Crippen MR) is 66.0 cm³/mol. The molecule has 100 valence electrons. The molecular formula is C13H13FN2O3. The fourth-order valence-corrected chi connectivity index (χ4v) is 1.81. The third kappa shape index (κ3) is 2.63. The van der Waals surface area contributed by atoms with Crippen LogP contribution in [0.1, 0.15) is 21.6 Å². The Balaban J connectivity index is 2.50. The monoisotopic (exact) mass is 264 g/mol. The number of hydrogen-bond acceptors (Lipinski definition) is 3. The van der Waals surface area contributed by atoms with Crippen molar-refractivity contribution in [1.82, 2.24) is 9.78 Å². The summed E-state index contributed by atoms with van der Waals surface area (Å²) in [6, 6.07) is 4.60. The number of carboxylic acids is 1. The largest absolute Gasteiger partial charge is 0.476 e. The quantitative estimate of drug-likeness (QED) is 0.878. The number of aliphatic hydroxyl groups excluding tert-OH is 1. The predicted octanol–water partition coefficient (Wildman–Crippen LogP) is 1.55. The van der Waals surface area contributed by atoms with Crippen LogP contribution in [0.5, 0.6) is 0 Å². The molecule has 0 spiro atoms.